The average Bonchev–Trinajstić information content (AvgIpc) is 2.45. The molecular formula is C11H16N2O. The fraction of sp³-hybridized carbons (Fsp3) is 0.545. The summed E-state index contributed by atoms with van der Waals surface area (Å²) in [5.41, 5.74) is 1.47. The molecule has 1 aromatic rings. The van der Waals surface area contributed by atoms with E-state index in [0.29, 0.717) is 0 Å². The van der Waals surface area contributed by atoms with Gasteiger partial charge in [0.25, 0.3) is 0 Å². The van der Waals surface area contributed by atoms with E-state index in [1.54, 1.807) is 10.9 Å². The molecule has 0 aliphatic heterocycles. The Kier molecular flexibility index (Phi) is 2.68. The first-order valence-corrected chi connectivity index (χ1v) is 4.54. The van der Waals surface area contributed by atoms with Crippen LogP contribution >= 0.6 is 0 Å². The smallest absolute Gasteiger partial charge is 0.143 e. The summed E-state index contributed by atoms with van der Waals surface area (Å²) in [7, 11) is 1.82. The molecule has 0 amide bonds. The summed E-state index contributed by atoms with van der Waals surface area (Å²) in [6.45, 7) is 6.13. The molecule has 0 spiro atoms. The van der Waals surface area contributed by atoms with Crippen LogP contribution in [0.25, 0.3) is 0 Å². The van der Waals surface area contributed by atoms with Gasteiger partial charge in [0.05, 0.1) is 5.69 Å². The van der Waals surface area contributed by atoms with Gasteiger partial charge in [0, 0.05) is 24.2 Å². The Labute approximate surface area is 84.8 Å². The fourth-order valence-corrected chi connectivity index (χ4v) is 1.38. The topological polar surface area (TPSA) is 38.0 Å². The minimum absolute atomic E-state index is 0.103. The molecule has 1 unspecified atom stereocenters. The molecule has 1 rings (SSSR count). The van der Waals surface area contributed by atoms with Crippen molar-refractivity contribution in [1.82, 2.24) is 9.78 Å². The third-order valence-electron chi connectivity index (χ3n) is 2.02. The summed E-state index contributed by atoms with van der Waals surface area (Å²) in [5.74, 6) is 2.31. The highest BCUT2D eigenvalue weighted by atomic mass is 16.3. The van der Waals surface area contributed by atoms with Crippen LogP contribution in [0.5, 0.6) is 0 Å². The van der Waals surface area contributed by atoms with Gasteiger partial charge in [0.1, 0.15) is 6.10 Å². The first-order chi connectivity index (χ1) is 6.36. The number of hydrogen-bond acceptors (Lipinski definition) is 2. The van der Waals surface area contributed by atoms with E-state index in [1.807, 2.05) is 27.8 Å². The molecule has 0 radical (unpaired) electrons. The summed E-state index contributed by atoms with van der Waals surface area (Å²) in [5, 5.41) is 13.9. The van der Waals surface area contributed by atoms with Crippen molar-refractivity contribution in [1.29, 1.82) is 0 Å². The van der Waals surface area contributed by atoms with Gasteiger partial charge in [-0.3, -0.25) is 4.68 Å². The highest BCUT2D eigenvalue weighted by Gasteiger charge is 2.24. The van der Waals surface area contributed by atoms with Crippen molar-refractivity contribution >= 4 is 0 Å². The lowest BCUT2D eigenvalue weighted by Crippen LogP contribution is -2.15. The lowest BCUT2D eigenvalue weighted by Gasteiger charge is -2.18. The lowest BCUT2D eigenvalue weighted by molar-refractivity contribution is 0.235. The van der Waals surface area contributed by atoms with Crippen LogP contribution in [0.1, 0.15) is 38.1 Å². The van der Waals surface area contributed by atoms with Crippen LogP contribution < -0.4 is 0 Å². The molecule has 0 aliphatic rings. The van der Waals surface area contributed by atoms with Crippen molar-refractivity contribution in [3.63, 3.8) is 0 Å². The van der Waals surface area contributed by atoms with Gasteiger partial charge in [0.15, 0.2) is 0 Å². The van der Waals surface area contributed by atoms with Crippen LogP contribution in [0, 0.1) is 12.3 Å². The fourth-order valence-electron chi connectivity index (χ4n) is 1.38. The highest BCUT2D eigenvalue weighted by molar-refractivity contribution is 5.30. The molecule has 0 bridgehead atoms. The van der Waals surface area contributed by atoms with Gasteiger partial charge in [-0.1, -0.05) is 26.7 Å². The van der Waals surface area contributed by atoms with E-state index in [0.717, 1.165) is 11.3 Å². The second-order valence-corrected chi connectivity index (χ2v) is 4.43. The SMILES string of the molecule is C#CC(O)c1cn(C)nc1C(C)(C)C. The number of aryl methyl sites for hydroxylation is 1. The molecule has 0 saturated heterocycles. The number of nitrogens with zero attached hydrogens (tertiary/aromatic N) is 2. The zero-order chi connectivity index (χ0) is 10.9. The van der Waals surface area contributed by atoms with Crippen LogP contribution in [0.15, 0.2) is 6.20 Å². The Bertz CT molecular complexity index is 366. The quantitative estimate of drug-likeness (QED) is 0.683. The van der Waals surface area contributed by atoms with E-state index in [9.17, 15) is 5.11 Å². The summed E-state index contributed by atoms with van der Waals surface area (Å²) in [6, 6.07) is 0. The number of rotatable bonds is 1. The second kappa shape index (κ2) is 3.47. The van der Waals surface area contributed by atoms with Crippen molar-refractivity contribution in [2.24, 2.45) is 7.05 Å². The molecule has 14 heavy (non-hydrogen) atoms. The normalized spacial score (nSPS) is 13.7. The predicted octanol–water partition coefficient (Wildman–Crippen LogP) is 1.38. The van der Waals surface area contributed by atoms with Crippen molar-refractivity contribution in [3.05, 3.63) is 17.5 Å². The van der Waals surface area contributed by atoms with Gasteiger partial charge in [-0.25, -0.2) is 0 Å². The van der Waals surface area contributed by atoms with Crippen molar-refractivity contribution < 1.29 is 5.11 Å². The Hall–Kier alpha value is -1.27. The Morgan fingerprint density at radius 1 is 1.57 bits per heavy atom. The molecule has 1 atom stereocenters. The van der Waals surface area contributed by atoms with E-state index in [1.165, 1.54) is 0 Å². The van der Waals surface area contributed by atoms with E-state index in [4.69, 9.17) is 6.42 Å². The molecule has 0 saturated carbocycles. The summed E-state index contributed by atoms with van der Waals surface area (Å²) >= 11 is 0. The number of aliphatic hydroxyl groups excluding tert-OH is 1. The maximum atomic E-state index is 9.60. The molecule has 1 heterocycles. The van der Waals surface area contributed by atoms with Gasteiger partial charge in [-0.15, -0.1) is 6.42 Å². The molecule has 1 N–H and O–H groups in total. The van der Waals surface area contributed by atoms with Crippen molar-refractivity contribution in [2.75, 3.05) is 0 Å². The van der Waals surface area contributed by atoms with E-state index >= 15 is 0 Å². The summed E-state index contributed by atoms with van der Waals surface area (Å²) in [6.07, 6.45) is 6.09. The number of terminal acetylenes is 1. The zero-order valence-electron chi connectivity index (χ0n) is 9.07. The lowest BCUT2D eigenvalue weighted by atomic mass is 9.88. The molecule has 0 aromatic carbocycles. The first kappa shape index (κ1) is 10.8. The predicted molar refractivity (Wildman–Crippen MR) is 55.7 cm³/mol. The third-order valence-corrected chi connectivity index (χ3v) is 2.02. The second-order valence-electron chi connectivity index (χ2n) is 4.43. The highest BCUT2D eigenvalue weighted by Crippen LogP contribution is 2.27. The van der Waals surface area contributed by atoms with Crippen LogP contribution in [0.2, 0.25) is 0 Å². The monoisotopic (exact) mass is 192 g/mol. The Morgan fingerprint density at radius 3 is 2.57 bits per heavy atom. The molecule has 0 aliphatic carbocycles. The minimum Gasteiger partial charge on any atom is -0.376 e. The maximum absolute atomic E-state index is 9.60. The number of aliphatic hydroxyl groups is 1. The van der Waals surface area contributed by atoms with Gasteiger partial charge in [-0.05, 0) is 0 Å². The van der Waals surface area contributed by atoms with Crippen molar-refractivity contribution in [2.45, 2.75) is 32.3 Å². The summed E-state index contributed by atoms with van der Waals surface area (Å²) in [4.78, 5) is 0. The Balaban J connectivity index is 3.24. The van der Waals surface area contributed by atoms with Crippen LogP contribution in [0.4, 0.5) is 0 Å². The Morgan fingerprint density at radius 2 is 2.14 bits per heavy atom. The minimum atomic E-state index is -0.863. The summed E-state index contributed by atoms with van der Waals surface area (Å²) < 4.78 is 1.68. The standard InChI is InChI=1S/C11H16N2O/c1-6-9(14)8-7-13(5)12-10(8)11(2,3)4/h1,7,9,14H,2-5H3. The number of aromatic nitrogens is 2. The first-order valence-electron chi connectivity index (χ1n) is 4.54. The third kappa shape index (κ3) is 1.97. The van der Waals surface area contributed by atoms with Crippen molar-refractivity contribution in [3.8, 4) is 12.3 Å². The molecule has 1 aromatic heterocycles. The van der Waals surface area contributed by atoms with Gasteiger partial charge < -0.3 is 5.11 Å². The van der Waals surface area contributed by atoms with Gasteiger partial charge in [0.2, 0.25) is 0 Å². The maximum Gasteiger partial charge on any atom is 0.143 e. The van der Waals surface area contributed by atoms with E-state index in [2.05, 4.69) is 11.0 Å². The van der Waals surface area contributed by atoms with Gasteiger partial charge in [-0.2, -0.15) is 5.10 Å². The van der Waals surface area contributed by atoms with E-state index in [-0.39, 0.29) is 5.41 Å². The molecular weight excluding hydrogens is 176 g/mol. The molecule has 76 valence electrons. The molecule has 3 heteroatoms. The average molecular weight is 192 g/mol. The van der Waals surface area contributed by atoms with Crippen LogP contribution in [-0.2, 0) is 12.5 Å². The van der Waals surface area contributed by atoms with Gasteiger partial charge >= 0.3 is 0 Å². The molecule has 3 nitrogen and oxygen atoms in total. The molecule has 0 fully saturated rings. The van der Waals surface area contributed by atoms with Crippen LogP contribution in [0.3, 0.4) is 0 Å². The zero-order valence-corrected chi connectivity index (χ0v) is 9.07. The van der Waals surface area contributed by atoms with E-state index < -0.39 is 6.10 Å². The van der Waals surface area contributed by atoms with Crippen LogP contribution in [-0.4, -0.2) is 14.9 Å². The largest absolute Gasteiger partial charge is 0.376 e. The number of hydrogen-bond donors (Lipinski definition) is 1.